The van der Waals surface area contributed by atoms with Gasteiger partial charge in [-0.25, -0.2) is 0 Å². The number of hydrogen-bond acceptors (Lipinski definition) is 4. The highest BCUT2D eigenvalue weighted by Crippen LogP contribution is 2.40. The normalized spacial score (nSPS) is 21.0. The van der Waals surface area contributed by atoms with E-state index in [0.29, 0.717) is 6.61 Å². The maximum atomic E-state index is 5.93. The zero-order valence-corrected chi connectivity index (χ0v) is 16.3. The molecule has 5 rings (SSSR count). The van der Waals surface area contributed by atoms with E-state index in [1.54, 1.807) is 17.4 Å². The topological polar surface area (TPSA) is 24.9 Å². The predicted octanol–water partition coefficient (Wildman–Crippen LogP) is 4.21. The van der Waals surface area contributed by atoms with Crippen LogP contribution in [0, 0.1) is 0 Å². The molecule has 1 unspecified atom stereocenters. The summed E-state index contributed by atoms with van der Waals surface area (Å²) in [4.78, 5) is 5.05. The molecule has 0 radical (unpaired) electrons. The highest BCUT2D eigenvalue weighted by Gasteiger charge is 2.26. The third kappa shape index (κ3) is 3.49. The molecule has 0 amide bonds. The predicted molar refractivity (Wildman–Crippen MR) is 112 cm³/mol. The molecule has 4 heteroatoms. The number of fused-ring (bicyclic) bond motifs is 2. The highest BCUT2D eigenvalue weighted by molar-refractivity contribution is 5.65. The molecule has 1 atom stereocenters. The largest absolute Gasteiger partial charge is 0.483 e. The summed E-state index contributed by atoms with van der Waals surface area (Å²) in [6.45, 7) is 6.09. The molecule has 2 aromatic carbocycles. The number of ether oxygens (including phenoxy) is 2. The van der Waals surface area contributed by atoms with Gasteiger partial charge in [0.15, 0.2) is 11.5 Å². The van der Waals surface area contributed by atoms with Crippen LogP contribution < -0.4 is 14.4 Å². The summed E-state index contributed by atoms with van der Waals surface area (Å²) in [6, 6.07) is 15.1. The lowest BCUT2D eigenvalue weighted by molar-refractivity contribution is 0.248. The van der Waals surface area contributed by atoms with Crippen LogP contribution in [0.5, 0.6) is 11.5 Å². The van der Waals surface area contributed by atoms with Crippen LogP contribution in [0.1, 0.15) is 29.9 Å². The first-order valence-corrected chi connectivity index (χ1v) is 10.5. The summed E-state index contributed by atoms with van der Waals surface area (Å²) >= 11 is 0. The van der Waals surface area contributed by atoms with E-state index in [2.05, 4.69) is 46.2 Å². The molecule has 1 fully saturated rings. The highest BCUT2D eigenvalue weighted by atomic mass is 16.5. The Labute approximate surface area is 167 Å². The number of anilines is 1. The van der Waals surface area contributed by atoms with Gasteiger partial charge in [-0.2, -0.15) is 0 Å². The third-order valence-electron chi connectivity index (χ3n) is 6.27. The van der Waals surface area contributed by atoms with Crippen LogP contribution in [0.25, 0.3) is 0 Å². The van der Waals surface area contributed by atoms with Gasteiger partial charge in [0.05, 0.1) is 11.9 Å². The summed E-state index contributed by atoms with van der Waals surface area (Å²) in [5.74, 6) is 2.49. The minimum Gasteiger partial charge on any atom is -0.483 e. The fourth-order valence-corrected chi connectivity index (χ4v) is 4.68. The van der Waals surface area contributed by atoms with Gasteiger partial charge in [0.1, 0.15) is 6.61 Å². The molecule has 2 heterocycles. The van der Waals surface area contributed by atoms with Gasteiger partial charge < -0.3 is 14.4 Å². The van der Waals surface area contributed by atoms with Crippen LogP contribution in [0.3, 0.4) is 0 Å². The fourth-order valence-electron chi connectivity index (χ4n) is 4.68. The van der Waals surface area contributed by atoms with Gasteiger partial charge in [-0.15, -0.1) is 0 Å². The molecule has 0 saturated carbocycles. The van der Waals surface area contributed by atoms with Gasteiger partial charge in [0, 0.05) is 26.2 Å². The lowest BCUT2D eigenvalue weighted by Gasteiger charge is -2.37. The quantitative estimate of drug-likeness (QED) is 0.780. The van der Waals surface area contributed by atoms with Gasteiger partial charge in [0.2, 0.25) is 0 Å². The van der Waals surface area contributed by atoms with E-state index in [0.717, 1.165) is 49.3 Å². The van der Waals surface area contributed by atoms with Crippen molar-refractivity contribution >= 4 is 5.69 Å². The second-order valence-corrected chi connectivity index (χ2v) is 7.98. The van der Waals surface area contributed by atoms with Crippen molar-refractivity contribution in [3.05, 3.63) is 65.9 Å². The maximum Gasteiger partial charge on any atom is 0.185 e. The first-order valence-electron chi connectivity index (χ1n) is 10.5. The molecular formula is C24H28N2O2. The van der Waals surface area contributed by atoms with Crippen LogP contribution in [0.15, 0.2) is 54.8 Å². The number of piperazine rings is 1. The van der Waals surface area contributed by atoms with Crippen molar-refractivity contribution in [3.63, 3.8) is 0 Å². The molecule has 3 aliphatic rings. The van der Waals surface area contributed by atoms with E-state index in [1.807, 2.05) is 12.1 Å². The number of benzene rings is 2. The van der Waals surface area contributed by atoms with Gasteiger partial charge in [-0.1, -0.05) is 30.3 Å². The first-order chi connectivity index (χ1) is 13.9. The summed E-state index contributed by atoms with van der Waals surface area (Å²) < 4.78 is 11.6. The van der Waals surface area contributed by atoms with Crippen LogP contribution >= 0.6 is 0 Å². The van der Waals surface area contributed by atoms with Crippen molar-refractivity contribution in [1.82, 2.24) is 4.90 Å². The summed E-state index contributed by atoms with van der Waals surface area (Å²) in [7, 11) is 0. The molecule has 1 aliphatic carbocycles. The molecule has 4 nitrogen and oxygen atoms in total. The second-order valence-electron chi connectivity index (χ2n) is 7.98. The Balaban J connectivity index is 1.12. The van der Waals surface area contributed by atoms with Crippen molar-refractivity contribution < 1.29 is 9.47 Å². The standard InChI is InChI=1S/C24H28N2O2/c1-2-8-21-19(6-1)18-20(21)7-4-11-25-12-14-26(15-13-25)22-9-3-10-23-24(22)28-17-5-16-27-23/h1-3,5-6,8-10,16,20H,4,7,11-15,17-18H2. The SMILES string of the molecule is C1=COc2cccc(N3CCN(CCCC4Cc5ccccc54)CC3)c2OC1. The van der Waals surface area contributed by atoms with Crippen molar-refractivity contribution in [2.75, 3.05) is 44.2 Å². The number of hydrogen-bond donors (Lipinski definition) is 0. The Morgan fingerprint density at radius 1 is 0.964 bits per heavy atom. The Kier molecular flexibility index (Phi) is 4.96. The van der Waals surface area contributed by atoms with E-state index in [9.17, 15) is 0 Å². The van der Waals surface area contributed by atoms with Crippen LogP contribution in [0.4, 0.5) is 5.69 Å². The molecule has 0 bridgehead atoms. The third-order valence-corrected chi connectivity index (χ3v) is 6.27. The van der Waals surface area contributed by atoms with Gasteiger partial charge >= 0.3 is 0 Å². The van der Waals surface area contributed by atoms with Gasteiger partial charge in [0.25, 0.3) is 0 Å². The summed E-state index contributed by atoms with van der Waals surface area (Å²) in [5.41, 5.74) is 4.31. The molecular weight excluding hydrogens is 348 g/mol. The molecule has 2 aromatic rings. The Morgan fingerprint density at radius 3 is 2.75 bits per heavy atom. The fraction of sp³-hybridized carbons (Fsp3) is 0.417. The van der Waals surface area contributed by atoms with Crippen LogP contribution in [-0.4, -0.2) is 44.2 Å². The average molecular weight is 377 g/mol. The van der Waals surface area contributed by atoms with Crippen molar-refractivity contribution in [3.8, 4) is 11.5 Å². The lowest BCUT2D eigenvalue weighted by Crippen LogP contribution is -2.46. The van der Waals surface area contributed by atoms with E-state index < -0.39 is 0 Å². The molecule has 2 aliphatic heterocycles. The Hall–Kier alpha value is -2.46. The molecule has 146 valence electrons. The number of rotatable bonds is 5. The van der Waals surface area contributed by atoms with Crippen molar-refractivity contribution in [2.45, 2.75) is 25.2 Å². The van der Waals surface area contributed by atoms with Crippen molar-refractivity contribution in [2.24, 2.45) is 0 Å². The van der Waals surface area contributed by atoms with Gasteiger partial charge in [-0.05, 0) is 61.1 Å². The maximum absolute atomic E-state index is 5.93. The average Bonchev–Trinajstić information content (AvgIpc) is 2.97. The Morgan fingerprint density at radius 2 is 1.86 bits per heavy atom. The smallest absolute Gasteiger partial charge is 0.185 e. The summed E-state index contributed by atoms with van der Waals surface area (Å²) in [6.07, 6.45) is 7.51. The van der Waals surface area contributed by atoms with E-state index in [1.165, 1.54) is 25.8 Å². The molecule has 28 heavy (non-hydrogen) atoms. The lowest BCUT2D eigenvalue weighted by atomic mass is 9.75. The minimum atomic E-state index is 0.564. The monoisotopic (exact) mass is 376 g/mol. The van der Waals surface area contributed by atoms with Crippen LogP contribution in [0.2, 0.25) is 0 Å². The zero-order chi connectivity index (χ0) is 18.8. The van der Waals surface area contributed by atoms with Crippen molar-refractivity contribution in [1.29, 1.82) is 0 Å². The van der Waals surface area contributed by atoms with E-state index in [4.69, 9.17) is 9.47 Å². The summed E-state index contributed by atoms with van der Waals surface area (Å²) in [5, 5.41) is 0. The van der Waals surface area contributed by atoms with Gasteiger partial charge in [-0.3, -0.25) is 4.90 Å². The number of para-hydroxylation sites is 1. The van der Waals surface area contributed by atoms with E-state index in [-0.39, 0.29) is 0 Å². The zero-order valence-electron chi connectivity index (χ0n) is 16.3. The second kappa shape index (κ2) is 7.88. The first kappa shape index (κ1) is 17.6. The Bertz CT molecular complexity index is 855. The molecule has 0 aromatic heterocycles. The number of nitrogens with zero attached hydrogens (tertiary/aromatic N) is 2. The van der Waals surface area contributed by atoms with Crippen LogP contribution in [-0.2, 0) is 6.42 Å². The molecule has 0 N–H and O–H groups in total. The minimum absolute atomic E-state index is 0.564. The molecule has 0 spiro atoms. The van der Waals surface area contributed by atoms with E-state index >= 15 is 0 Å². The molecule has 1 saturated heterocycles.